The summed E-state index contributed by atoms with van der Waals surface area (Å²) < 4.78 is 26.0. The van der Waals surface area contributed by atoms with Gasteiger partial charge in [0.2, 0.25) is 0 Å². The van der Waals surface area contributed by atoms with Crippen LogP contribution < -0.4 is 10.6 Å². The van der Waals surface area contributed by atoms with Crippen molar-refractivity contribution in [3.8, 4) is 0 Å². The highest BCUT2D eigenvalue weighted by atomic mass is 32.3. The van der Waals surface area contributed by atoms with Crippen molar-refractivity contribution < 1.29 is 18.7 Å². The third-order valence-corrected chi connectivity index (χ3v) is 7.04. The molecule has 2 aliphatic heterocycles. The molecule has 8 nitrogen and oxygen atoms in total. The van der Waals surface area contributed by atoms with Gasteiger partial charge < -0.3 is 29.4 Å². The number of aromatic nitrogens is 2. The van der Waals surface area contributed by atoms with Crippen LogP contribution >= 0.6 is 22.4 Å². The fourth-order valence-corrected chi connectivity index (χ4v) is 5.20. The second-order valence-electron chi connectivity index (χ2n) is 6.75. The molecule has 2 aromatic heterocycles. The Morgan fingerprint density at radius 1 is 1.23 bits per heavy atom. The Balaban J connectivity index is 1.39. The average molecular weight is 438 g/mol. The van der Waals surface area contributed by atoms with E-state index in [1.165, 1.54) is 5.41 Å². The van der Waals surface area contributed by atoms with E-state index in [9.17, 15) is 18.7 Å². The number of anilines is 1. The van der Waals surface area contributed by atoms with Crippen molar-refractivity contribution in [1.29, 1.82) is 0 Å². The lowest BCUT2D eigenvalue weighted by Gasteiger charge is -2.55. The van der Waals surface area contributed by atoms with E-state index < -0.39 is 16.5 Å². The van der Waals surface area contributed by atoms with Crippen LogP contribution in [0.2, 0.25) is 0 Å². The lowest BCUT2D eigenvalue weighted by Crippen LogP contribution is -2.17. The summed E-state index contributed by atoms with van der Waals surface area (Å²) in [6, 6.07) is 8.86. The molecule has 0 unspecified atom stereocenters. The topological polar surface area (TPSA) is 122 Å². The highest BCUT2D eigenvalue weighted by Gasteiger charge is 2.25. The van der Waals surface area contributed by atoms with Crippen LogP contribution in [0.4, 0.5) is 10.5 Å². The molecule has 0 atom stereocenters. The lowest BCUT2D eigenvalue weighted by atomic mass is 10.2. The first-order valence-electron chi connectivity index (χ1n) is 8.91. The molecule has 1 fully saturated rings. The highest BCUT2D eigenvalue weighted by molar-refractivity contribution is 8.27. The summed E-state index contributed by atoms with van der Waals surface area (Å²) in [6.45, 7) is 0.418. The van der Waals surface area contributed by atoms with Crippen molar-refractivity contribution in [2.75, 3.05) is 5.32 Å². The number of carbonyl (C=O) groups excluding carboxylic acids is 2. The van der Waals surface area contributed by atoms with Crippen molar-refractivity contribution in [2.45, 2.75) is 11.4 Å². The SMILES string of the molecule is O=C1NC(=O)/C(=C/c2ccc3ncc(CNc4ccc5c(c4)S([O-])([O-])C=C5)n3c2)S1. The van der Waals surface area contributed by atoms with Gasteiger partial charge in [-0.15, -0.1) is 0 Å². The molecule has 30 heavy (non-hydrogen) atoms. The summed E-state index contributed by atoms with van der Waals surface area (Å²) in [5.41, 5.74) is 3.71. The van der Waals surface area contributed by atoms with Crippen LogP contribution in [-0.4, -0.2) is 29.6 Å². The van der Waals surface area contributed by atoms with Gasteiger partial charge in [0.1, 0.15) is 5.65 Å². The number of carbonyl (C=O) groups is 2. The van der Waals surface area contributed by atoms with Crippen molar-refractivity contribution in [1.82, 2.24) is 14.7 Å². The predicted octanol–water partition coefficient (Wildman–Crippen LogP) is 3.68. The van der Waals surface area contributed by atoms with Crippen LogP contribution in [0.1, 0.15) is 16.8 Å². The second-order valence-corrected chi connectivity index (χ2v) is 9.56. The van der Waals surface area contributed by atoms with E-state index in [0.717, 1.165) is 28.7 Å². The fraction of sp³-hybridized carbons (Fsp3) is 0.0500. The maximum atomic E-state index is 12.1. The normalized spacial score (nSPS) is 19.3. The molecule has 1 saturated heterocycles. The van der Waals surface area contributed by atoms with Crippen LogP contribution in [0.15, 0.2) is 57.9 Å². The van der Waals surface area contributed by atoms with Crippen LogP contribution in [0, 0.1) is 0 Å². The van der Waals surface area contributed by atoms with Gasteiger partial charge in [-0.25, -0.2) is 4.98 Å². The van der Waals surface area contributed by atoms with Crippen LogP contribution in [0.5, 0.6) is 0 Å². The maximum absolute atomic E-state index is 12.1. The maximum Gasteiger partial charge on any atom is 0.290 e. The van der Waals surface area contributed by atoms with Gasteiger partial charge in [-0.3, -0.25) is 14.9 Å². The Hall–Kier alpha value is -3.05. The number of pyridine rings is 1. The number of amides is 2. The molecule has 2 amide bonds. The van der Waals surface area contributed by atoms with E-state index in [2.05, 4.69) is 15.6 Å². The van der Waals surface area contributed by atoms with Gasteiger partial charge in [-0.05, 0) is 64.7 Å². The number of hydrogen-bond acceptors (Lipinski definition) is 7. The zero-order chi connectivity index (χ0) is 20.9. The zero-order valence-electron chi connectivity index (χ0n) is 15.3. The first-order chi connectivity index (χ1) is 14.4. The molecule has 3 aromatic rings. The molecule has 0 aliphatic carbocycles. The van der Waals surface area contributed by atoms with E-state index in [-0.39, 0.29) is 5.24 Å². The van der Waals surface area contributed by atoms with Crippen molar-refractivity contribution in [3.05, 3.63) is 69.9 Å². The Labute approximate surface area is 177 Å². The summed E-state index contributed by atoms with van der Waals surface area (Å²) in [7, 11) is -3.36. The van der Waals surface area contributed by atoms with Gasteiger partial charge in [-0.1, -0.05) is 6.07 Å². The number of thioether (sulfide) groups is 1. The quantitative estimate of drug-likeness (QED) is 0.596. The second kappa shape index (κ2) is 7.03. The fourth-order valence-electron chi connectivity index (χ4n) is 3.29. The lowest BCUT2D eigenvalue weighted by molar-refractivity contribution is -0.115. The Morgan fingerprint density at radius 3 is 2.90 bits per heavy atom. The predicted molar refractivity (Wildman–Crippen MR) is 115 cm³/mol. The molecule has 152 valence electrons. The molecule has 2 N–H and O–H groups in total. The van der Waals surface area contributed by atoms with Crippen molar-refractivity contribution >= 4 is 57.0 Å². The smallest absolute Gasteiger partial charge is 0.290 e. The Kier molecular flexibility index (Phi) is 4.44. The summed E-state index contributed by atoms with van der Waals surface area (Å²) >= 11 is 0.867. The minimum absolute atomic E-state index is 0.293. The number of nitrogens with one attached hydrogen (secondary N) is 2. The van der Waals surface area contributed by atoms with Crippen molar-refractivity contribution in [2.24, 2.45) is 0 Å². The number of nitrogens with zero attached hydrogens (tertiary/aromatic N) is 2. The van der Waals surface area contributed by atoms with Gasteiger partial charge in [0.25, 0.3) is 11.1 Å². The molecule has 0 spiro atoms. The van der Waals surface area contributed by atoms with Gasteiger partial charge >= 0.3 is 0 Å². The van der Waals surface area contributed by atoms with E-state index in [0.29, 0.717) is 27.6 Å². The summed E-state index contributed by atoms with van der Waals surface area (Å²) in [6.07, 6.45) is 6.80. The van der Waals surface area contributed by atoms with E-state index in [1.807, 2.05) is 28.8 Å². The molecule has 5 rings (SSSR count). The third-order valence-electron chi connectivity index (χ3n) is 4.77. The summed E-state index contributed by atoms with van der Waals surface area (Å²) in [5.74, 6) is -0.404. The molecule has 4 heterocycles. The number of rotatable bonds is 4. The molecule has 1 aromatic carbocycles. The van der Waals surface area contributed by atoms with E-state index >= 15 is 0 Å². The minimum Gasteiger partial charge on any atom is -0.792 e. The zero-order valence-corrected chi connectivity index (χ0v) is 17.0. The van der Waals surface area contributed by atoms with Crippen molar-refractivity contribution in [3.63, 3.8) is 0 Å². The van der Waals surface area contributed by atoms with Gasteiger partial charge in [0, 0.05) is 16.8 Å². The molecule has 0 saturated carbocycles. The number of hydrogen-bond donors (Lipinski definition) is 2. The van der Waals surface area contributed by atoms with Crippen LogP contribution in [0.25, 0.3) is 17.8 Å². The minimum atomic E-state index is -3.36. The number of sulfone groups is 1. The summed E-state index contributed by atoms with van der Waals surface area (Å²) in [5, 5.41) is 6.29. The van der Waals surface area contributed by atoms with Crippen LogP contribution in [0.3, 0.4) is 0 Å². The summed E-state index contributed by atoms with van der Waals surface area (Å²) in [4.78, 5) is 28.1. The van der Waals surface area contributed by atoms with Gasteiger partial charge in [0.05, 0.1) is 23.3 Å². The number of imide groups is 1. The average Bonchev–Trinajstić information content (AvgIpc) is 3.35. The standard InChI is InChI=1S/C20H16N4O4S2/c25-19-16(29-20(26)23-19)7-12-1-4-18-22-10-15(24(18)11-12)9-21-14-3-2-13-5-6-30(27,28)17(13)8-14/h1-8,10-11,21,27-28H,9H2,(H,23,25,26)/p-2/b16-7-. The third kappa shape index (κ3) is 3.39. The largest absolute Gasteiger partial charge is 0.792 e. The molecular formula is C20H14N4O4S2-2. The first kappa shape index (κ1) is 18.9. The number of fused-ring (bicyclic) bond motifs is 2. The van der Waals surface area contributed by atoms with E-state index in [1.54, 1.807) is 30.5 Å². The highest BCUT2D eigenvalue weighted by Crippen LogP contribution is 2.56. The van der Waals surface area contributed by atoms with Gasteiger partial charge in [-0.2, -0.15) is 0 Å². The van der Waals surface area contributed by atoms with Gasteiger partial charge in [0.15, 0.2) is 0 Å². The van der Waals surface area contributed by atoms with Crippen LogP contribution in [-0.2, 0) is 11.3 Å². The molecule has 0 radical (unpaired) electrons. The molecule has 2 aliphatic rings. The molecular weight excluding hydrogens is 424 g/mol. The monoisotopic (exact) mass is 438 g/mol. The molecule has 0 bridgehead atoms. The number of imidazole rings is 1. The Bertz CT molecular complexity index is 1280. The Morgan fingerprint density at radius 2 is 2.10 bits per heavy atom. The first-order valence-corrected chi connectivity index (χ1v) is 11.3. The number of benzene rings is 1. The van der Waals surface area contributed by atoms with E-state index in [4.69, 9.17) is 0 Å². The molecule has 10 heteroatoms.